The summed E-state index contributed by atoms with van der Waals surface area (Å²) in [5, 5.41) is 2.55. The van der Waals surface area contributed by atoms with Gasteiger partial charge in [-0.25, -0.2) is 23.6 Å². The molecule has 1 aliphatic rings. The number of aromatic nitrogens is 2. The Bertz CT molecular complexity index is 1320. The summed E-state index contributed by atoms with van der Waals surface area (Å²) in [4.78, 5) is 38.5. The molecule has 0 aliphatic carbocycles. The van der Waals surface area contributed by atoms with Crippen LogP contribution in [-0.2, 0) is 4.79 Å². The Morgan fingerprint density at radius 1 is 1.27 bits per heavy atom. The fourth-order valence-corrected chi connectivity index (χ4v) is 3.39. The van der Waals surface area contributed by atoms with E-state index in [0.29, 0.717) is 22.7 Å². The second kappa shape index (κ2) is 8.63. The number of rotatable bonds is 3. The average Bonchev–Trinajstić information content (AvgIpc) is 2.91. The van der Waals surface area contributed by atoms with Crippen molar-refractivity contribution in [3.8, 4) is 17.0 Å². The number of fused-ring (bicyclic) bond motifs is 1. The average molecular weight is 449 g/mol. The molecule has 0 saturated carbocycles. The molecule has 0 unspecified atom stereocenters. The van der Waals surface area contributed by atoms with E-state index in [1.165, 1.54) is 30.3 Å². The number of benzene rings is 2. The van der Waals surface area contributed by atoms with Crippen molar-refractivity contribution < 1.29 is 23.1 Å². The van der Waals surface area contributed by atoms with Gasteiger partial charge in [-0.2, -0.15) is 0 Å². The Balaban J connectivity index is 1.58. The van der Waals surface area contributed by atoms with E-state index < -0.39 is 29.5 Å². The van der Waals surface area contributed by atoms with Gasteiger partial charge < -0.3 is 15.0 Å². The molecule has 10 heteroatoms. The first kappa shape index (κ1) is 21.8. The lowest BCUT2D eigenvalue weighted by atomic mass is 10.1. The Labute approximate surface area is 187 Å². The minimum atomic E-state index is -1.05. The van der Waals surface area contributed by atoms with Crippen LogP contribution in [0.25, 0.3) is 16.1 Å². The number of halogens is 2. The number of nitrogens with one attached hydrogen (secondary N) is 1. The minimum Gasteiger partial charge on any atom is -0.490 e. The number of hydrogen-bond acceptors (Lipinski definition) is 5. The maximum atomic E-state index is 14.3. The maximum Gasteiger partial charge on any atom is 0.289 e. The van der Waals surface area contributed by atoms with Crippen LogP contribution in [0, 0.1) is 25.1 Å². The zero-order valence-electron chi connectivity index (χ0n) is 17.6. The standard InChI is InChI=1S/C23H17F2N5O3/c1-12-10-27-21(29-20(12)15-6-4-13(24)8-16(15)25)22(31)28-17-11-33-19-9-14(26-2)5-7-18(19)30(3)23(17)32/h4-10,17H,11H2,1,3H3,(H,28,31)/t17-/m0/s1. The highest BCUT2D eigenvalue weighted by atomic mass is 19.1. The highest BCUT2D eigenvalue weighted by molar-refractivity contribution is 6.02. The molecule has 1 N–H and O–H groups in total. The van der Waals surface area contributed by atoms with Gasteiger partial charge in [-0.3, -0.25) is 9.59 Å². The molecular weight excluding hydrogens is 432 g/mol. The predicted molar refractivity (Wildman–Crippen MR) is 115 cm³/mol. The number of carbonyl (C=O) groups is 2. The Hall–Kier alpha value is -4.39. The van der Waals surface area contributed by atoms with Crippen LogP contribution in [0.15, 0.2) is 42.6 Å². The highest BCUT2D eigenvalue weighted by Gasteiger charge is 2.31. The summed E-state index contributed by atoms with van der Waals surface area (Å²) in [5.74, 6) is -2.70. The summed E-state index contributed by atoms with van der Waals surface area (Å²) in [6.45, 7) is 8.59. The number of anilines is 1. The molecular formula is C23H17F2N5O3. The number of ether oxygens (including phenoxy) is 1. The smallest absolute Gasteiger partial charge is 0.289 e. The van der Waals surface area contributed by atoms with Crippen molar-refractivity contribution in [3.63, 3.8) is 0 Å². The van der Waals surface area contributed by atoms with E-state index in [-0.39, 0.29) is 23.7 Å². The van der Waals surface area contributed by atoms with Crippen LogP contribution in [0.3, 0.4) is 0 Å². The van der Waals surface area contributed by atoms with Crippen molar-refractivity contribution in [2.45, 2.75) is 13.0 Å². The van der Waals surface area contributed by atoms with Gasteiger partial charge in [-0.1, -0.05) is 6.07 Å². The van der Waals surface area contributed by atoms with Crippen molar-refractivity contribution in [3.05, 3.63) is 77.0 Å². The van der Waals surface area contributed by atoms with Crippen molar-refractivity contribution in [2.24, 2.45) is 0 Å². The van der Waals surface area contributed by atoms with E-state index >= 15 is 0 Å². The lowest BCUT2D eigenvalue weighted by molar-refractivity contribution is -0.120. The summed E-state index contributed by atoms with van der Waals surface area (Å²) >= 11 is 0. The van der Waals surface area contributed by atoms with Crippen LogP contribution >= 0.6 is 0 Å². The number of carbonyl (C=O) groups excluding carboxylic acids is 2. The third-order valence-corrected chi connectivity index (χ3v) is 5.13. The Kier molecular flexibility index (Phi) is 5.70. The van der Waals surface area contributed by atoms with Crippen LogP contribution in [0.2, 0.25) is 0 Å². The molecule has 1 aliphatic heterocycles. The van der Waals surface area contributed by atoms with Gasteiger partial charge >= 0.3 is 0 Å². The number of hydrogen-bond donors (Lipinski definition) is 1. The molecule has 33 heavy (non-hydrogen) atoms. The van der Waals surface area contributed by atoms with Gasteiger partial charge in [0.25, 0.3) is 11.8 Å². The van der Waals surface area contributed by atoms with Gasteiger partial charge in [-0.15, -0.1) is 0 Å². The molecule has 4 rings (SSSR count). The largest absolute Gasteiger partial charge is 0.490 e. The van der Waals surface area contributed by atoms with Gasteiger partial charge in [0.05, 0.1) is 18.0 Å². The lowest BCUT2D eigenvalue weighted by Crippen LogP contribution is -2.49. The molecule has 3 aromatic rings. The van der Waals surface area contributed by atoms with Crippen LogP contribution in [0.5, 0.6) is 5.75 Å². The van der Waals surface area contributed by atoms with Crippen LogP contribution < -0.4 is 15.0 Å². The van der Waals surface area contributed by atoms with Gasteiger partial charge in [0, 0.05) is 24.9 Å². The second-order valence-electron chi connectivity index (χ2n) is 7.35. The molecule has 1 atom stereocenters. The molecule has 0 saturated heterocycles. The minimum absolute atomic E-state index is 0.0185. The summed E-state index contributed by atoms with van der Waals surface area (Å²) in [5.41, 5.74) is 1.45. The third kappa shape index (κ3) is 4.21. The van der Waals surface area contributed by atoms with Gasteiger partial charge in [0.2, 0.25) is 5.82 Å². The van der Waals surface area contributed by atoms with E-state index in [4.69, 9.17) is 11.3 Å². The molecule has 0 radical (unpaired) electrons. The van der Waals surface area contributed by atoms with E-state index in [2.05, 4.69) is 20.1 Å². The van der Waals surface area contributed by atoms with Crippen molar-refractivity contribution in [1.82, 2.24) is 15.3 Å². The quantitative estimate of drug-likeness (QED) is 0.619. The number of likely N-dealkylation sites (N-methyl/N-ethyl adjacent to an activating group) is 1. The first-order valence-corrected chi connectivity index (χ1v) is 9.80. The number of amides is 2. The first-order valence-electron chi connectivity index (χ1n) is 9.80. The lowest BCUT2D eigenvalue weighted by Gasteiger charge is -2.20. The topological polar surface area (TPSA) is 88.8 Å². The molecule has 2 heterocycles. The molecule has 8 nitrogen and oxygen atoms in total. The molecule has 166 valence electrons. The van der Waals surface area contributed by atoms with E-state index in [1.807, 2.05) is 0 Å². The van der Waals surface area contributed by atoms with Crippen molar-refractivity contribution >= 4 is 23.2 Å². The zero-order valence-corrected chi connectivity index (χ0v) is 17.6. The SMILES string of the molecule is [C-]#[N+]c1ccc2c(c1)OC[C@H](NC(=O)c1ncc(C)c(-c3ccc(F)cc3F)n1)C(=O)N2C. The van der Waals surface area contributed by atoms with Crippen LogP contribution in [0.4, 0.5) is 20.2 Å². The molecule has 2 aromatic carbocycles. The second-order valence-corrected chi connectivity index (χ2v) is 7.35. The van der Waals surface area contributed by atoms with Gasteiger partial charge in [0.15, 0.2) is 5.69 Å². The zero-order chi connectivity index (χ0) is 23.7. The van der Waals surface area contributed by atoms with E-state index in [9.17, 15) is 18.4 Å². The number of nitrogens with zero attached hydrogens (tertiary/aromatic N) is 4. The molecule has 0 spiro atoms. The summed E-state index contributed by atoms with van der Waals surface area (Å²) in [6.07, 6.45) is 1.35. The highest BCUT2D eigenvalue weighted by Crippen LogP contribution is 2.34. The van der Waals surface area contributed by atoms with Crippen molar-refractivity contribution in [2.75, 3.05) is 18.6 Å². The van der Waals surface area contributed by atoms with Crippen LogP contribution in [-0.4, -0.2) is 41.5 Å². The van der Waals surface area contributed by atoms with Crippen LogP contribution in [0.1, 0.15) is 16.2 Å². The van der Waals surface area contributed by atoms with Crippen molar-refractivity contribution in [1.29, 1.82) is 0 Å². The Morgan fingerprint density at radius 3 is 2.79 bits per heavy atom. The van der Waals surface area contributed by atoms with E-state index in [0.717, 1.165) is 12.1 Å². The third-order valence-electron chi connectivity index (χ3n) is 5.13. The molecule has 0 bridgehead atoms. The molecule has 0 fully saturated rings. The number of aryl methyl sites for hydroxylation is 1. The Morgan fingerprint density at radius 2 is 2.06 bits per heavy atom. The maximum absolute atomic E-state index is 14.3. The normalized spacial score (nSPS) is 15.2. The fraction of sp³-hybridized carbons (Fsp3) is 0.174. The molecule has 1 aromatic heterocycles. The summed E-state index contributed by atoms with van der Waals surface area (Å²) < 4.78 is 33.2. The monoisotopic (exact) mass is 449 g/mol. The fourth-order valence-electron chi connectivity index (χ4n) is 3.39. The first-order chi connectivity index (χ1) is 15.8. The summed E-state index contributed by atoms with van der Waals surface area (Å²) in [7, 11) is 1.53. The molecule has 2 amide bonds. The summed E-state index contributed by atoms with van der Waals surface area (Å²) in [6, 6.07) is 6.67. The van der Waals surface area contributed by atoms with E-state index in [1.54, 1.807) is 19.1 Å². The predicted octanol–water partition coefficient (Wildman–Crippen LogP) is 3.43. The van der Waals surface area contributed by atoms with Gasteiger partial charge in [-0.05, 0) is 36.8 Å². The van der Waals surface area contributed by atoms with Gasteiger partial charge in [0.1, 0.15) is 30.0 Å².